The molecule has 0 aliphatic carbocycles. The Balaban J connectivity index is 1.33. The lowest BCUT2D eigenvalue weighted by Crippen LogP contribution is -2.35. The maximum atomic E-state index is 10.6. The van der Waals surface area contributed by atoms with E-state index in [1.165, 1.54) is 0 Å². The number of hydrazone groups is 1. The van der Waals surface area contributed by atoms with Crippen molar-refractivity contribution in [2.45, 2.75) is 31.9 Å². The average molecular weight is 506 g/mol. The van der Waals surface area contributed by atoms with Gasteiger partial charge in [-0.25, -0.2) is 4.98 Å². The summed E-state index contributed by atoms with van der Waals surface area (Å²) in [6, 6.07) is 10.6. The minimum atomic E-state index is -1.00. The number of hydrogen-bond donors (Lipinski definition) is 4. The third-order valence-corrected chi connectivity index (χ3v) is 7.40. The van der Waals surface area contributed by atoms with Gasteiger partial charge in [0.05, 0.1) is 30.1 Å². The minimum absolute atomic E-state index is 0.199. The molecule has 11 nitrogen and oxygen atoms in total. The second-order valence-electron chi connectivity index (χ2n) is 9.83. The Morgan fingerprint density at radius 2 is 1.84 bits per heavy atom. The van der Waals surface area contributed by atoms with Crippen LogP contribution in [-0.4, -0.2) is 83.7 Å². The molecule has 0 radical (unpaired) electrons. The van der Waals surface area contributed by atoms with Crippen LogP contribution in [0, 0.1) is 17.2 Å². The fourth-order valence-corrected chi connectivity index (χ4v) is 5.27. The molecule has 2 fully saturated rings. The first-order chi connectivity index (χ1) is 18.1. The van der Waals surface area contributed by atoms with Crippen LogP contribution in [0.3, 0.4) is 0 Å². The number of rotatable bonds is 7. The van der Waals surface area contributed by atoms with Crippen molar-refractivity contribution in [1.82, 2.24) is 20.3 Å². The van der Waals surface area contributed by atoms with Crippen LogP contribution in [0.1, 0.15) is 43.2 Å². The van der Waals surface area contributed by atoms with Crippen LogP contribution < -0.4 is 20.5 Å². The second kappa shape index (κ2) is 11.7. The number of fused-ring (bicyclic) bond motifs is 1. The molecular formula is C26H35N9O2. The first-order valence-corrected chi connectivity index (χ1v) is 13.1. The van der Waals surface area contributed by atoms with Gasteiger partial charge in [0.2, 0.25) is 5.95 Å². The van der Waals surface area contributed by atoms with Gasteiger partial charge >= 0.3 is 0 Å². The molecule has 0 bridgehead atoms. The second-order valence-corrected chi connectivity index (χ2v) is 9.83. The Hall–Kier alpha value is -3.46. The zero-order valence-electron chi connectivity index (χ0n) is 21.1. The molecule has 11 heteroatoms. The summed E-state index contributed by atoms with van der Waals surface area (Å²) in [4.78, 5) is 16.3. The molecule has 2 saturated heterocycles. The molecule has 4 heterocycles. The predicted octanol–water partition coefficient (Wildman–Crippen LogP) is 1.78. The molecule has 196 valence electrons. The topological polar surface area (TPSA) is 136 Å². The molecule has 4 N–H and O–H groups in total. The number of anilines is 4. The van der Waals surface area contributed by atoms with Crippen molar-refractivity contribution in [3.8, 4) is 6.07 Å². The van der Waals surface area contributed by atoms with Crippen molar-refractivity contribution in [2.24, 2.45) is 11.0 Å². The standard InChI is InChI=1S/C26H35N9O2/c27-9-6-19-7-12-35(13-8-19)26-30-22-18-28-32-25(37)23(22)24(31-26)29-20-2-4-21(5-3-20)34-11-1-10-33(14-15-34)16-17-36/h2-5,18-19,25,32,36-37H,1,6-8,10-17H2,(H,29,30,31). The normalized spacial score (nSPS) is 20.6. The van der Waals surface area contributed by atoms with E-state index < -0.39 is 6.23 Å². The Kier molecular flexibility index (Phi) is 7.99. The lowest BCUT2D eigenvalue weighted by atomic mass is 9.94. The first kappa shape index (κ1) is 25.2. The van der Waals surface area contributed by atoms with Crippen LogP contribution in [0.15, 0.2) is 29.4 Å². The first-order valence-electron chi connectivity index (χ1n) is 13.1. The number of piperidine rings is 1. The number of benzene rings is 1. The van der Waals surface area contributed by atoms with Gasteiger partial charge in [0, 0.05) is 57.1 Å². The van der Waals surface area contributed by atoms with Crippen molar-refractivity contribution in [1.29, 1.82) is 5.26 Å². The number of nitriles is 1. The quantitative estimate of drug-likeness (QED) is 0.441. The van der Waals surface area contributed by atoms with E-state index in [1.54, 1.807) is 6.21 Å². The molecular weight excluding hydrogens is 470 g/mol. The maximum Gasteiger partial charge on any atom is 0.227 e. The highest BCUT2D eigenvalue weighted by atomic mass is 16.3. The molecule has 37 heavy (non-hydrogen) atoms. The predicted molar refractivity (Wildman–Crippen MR) is 143 cm³/mol. The van der Waals surface area contributed by atoms with Gasteiger partial charge in [0.15, 0.2) is 6.23 Å². The van der Waals surface area contributed by atoms with Crippen LogP contribution in [0.25, 0.3) is 0 Å². The highest BCUT2D eigenvalue weighted by Gasteiger charge is 2.27. The molecule has 1 aromatic carbocycles. The monoisotopic (exact) mass is 505 g/mol. The summed E-state index contributed by atoms with van der Waals surface area (Å²) in [6.07, 6.45) is 4.13. The fraction of sp³-hybridized carbons (Fsp3) is 0.538. The Morgan fingerprint density at radius 3 is 2.59 bits per heavy atom. The molecule has 1 unspecified atom stereocenters. The molecule has 3 aliphatic rings. The van der Waals surface area contributed by atoms with Gasteiger partial charge in [-0.1, -0.05) is 0 Å². The lowest BCUT2D eigenvalue weighted by Gasteiger charge is -2.32. The number of aliphatic hydroxyl groups is 2. The van der Waals surface area contributed by atoms with E-state index in [4.69, 9.17) is 15.2 Å². The van der Waals surface area contributed by atoms with E-state index in [9.17, 15) is 10.2 Å². The van der Waals surface area contributed by atoms with Crippen LogP contribution in [0.4, 0.5) is 23.1 Å². The SMILES string of the molecule is N#CCC1CCN(c2nc3c(c(Nc4ccc(N5CCCN(CCO)CC5)cc4)n2)C(O)NN=C3)CC1. The third-order valence-electron chi connectivity index (χ3n) is 7.40. The van der Waals surface area contributed by atoms with E-state index in [2.05, 4.69) is 48.7 Å². The van der Waals surface area contributed by atoms with Crippen molar-refractivity contribution < 1.29 is 10.2 Å². The number of β-amino-alcohol motifs (C(OH)–C–C–N with tert-alkyl or cyclic N) is 1. The minimum Gasteiger partial charge on any atom is -0.395 e. The molecule has 0 amide bonds. The zero-order chi connectivity index (χ0) is 25.6. The van der Waals surface area contributed by atoms with Gasteiger partial charge < -0.3 is 25.3 Å². The van der Waals surface area contributed by atoms with E-state index in [1.807, 2.05) is 12.1 Å². The lowest BCUT2D eigenvalue weighted by molar-refractivity contribution is 0.139. The third kappa shape index (κ3) is 5.93. The van der Waals surface area contributed by atoms with Crippen molar-refractivity contribution in [3.63, 3.8) is 0 Å². The number of aliphatic hydroxyl groups excluding tert-OH is 2. The highest BCUT2D eigenvalue weighted by molar-refractivity contribution is 5.84. The number of nitrogens with one attached hydrogen (secondary N) is 2. The van der Waals surface area contributed by atoms with Gasteiger partial charge in [-0.3, -0.25) is 10.3 Å². The zero-order valence-corrected chi connectivity index (χ0v) is 21.1. The van der Waals surface area contributed by atoms with Gasteiger partial charge in [-0.15, -0.1) is 0 Å². The number of nitrogens with zero attached hydrogens (tertiary/aromatic N) is 7. The smallest absolute Gasteiger partial charge is 0.227 e. The summed E-state index contributed by atoms with van der Waals surface area (Å²) in [5.74, 6) is 1.57. The van der Waals surface area contributed by atoms with Crippen LogP contribution in [0.2, 0.25) is 0 Å². The Bertz CT molecular complexity index is 1130. The van der Waals surface area contributed by atoms with Crippen molar-refractivity contribution in [3.05, 3.63) is 35.5 Å². The van der Waals surface area contributed by atoms with E-state index in [0.29, 0.717) is 35.4 Å². The van der Waals surface area contributed by atoms with Crippen LogP contribution >= 0.6 is 0 Å². The largest absolute Gasteiger partial charge is 0.395 e. The summed E-state index contributed by atoms with van der Waals surface area (Å²) in [7, 11) is 0. The van der Waals surface area contributed by atoms with E-state index in [0.717, 1.165) is 76.5 Å². The van der Waals surface area contributed by atoms with Crippen LogP contribution in [0.5, 0.6) is 0 Å². The maximum absolute atomic E-state index is 10.6. The average Bonchev–Trinajstić information content (AvgIpc) is 3.16. The molecule has 3 aliphatic heterocycles. The van der Waals surface area contributed by atoms with Gasteiger partial charge in [-0.2, -0.15) is 15.3 Å². The molecule has 5 rings (SSSR count). The van der Waals surface area contributed by atoms with Gasteiger partial charge in [0.1, 0.15) is 5.82 Å². The molecule has 2 aromatic rings. The van der Waals surface area contributed by atoms with Gasteiger partial charge in [0.25, 0.3) is 0 Å². The van der Waals surface area contributed by atoms with Crippen molar-refractivity contribution >= 4 is 29.4 Å². The van der Waals surface area contributed by atoms with Gasteiger partial charge in [-0.05, 0) is 56.0 Å². The molecule has 1 aromatic heterocycles. The number of aromatic nitrogens is 2. The highest BCUT2D eigenvalue weighted by Crippen LogP contribution is 2.31. The Labute approximate surface area is 217 Å². The van der Waals surface area contributed by atoms with E-state index >= 15 is 0 Å². The summed E-state index contributed by atoms with van der Waals surface area (Å²) in [5.41, 5.74) is 5.88. The summed E-state index contributed by atoms with van der Waals surface area (Å²) >= 11 is 0. The summed E-state index contributed by atoms with van der Waals surface area (Å²) in [5, 5.41) is 36.3. The molecule has 0 spiro atoms. The molecule has 0 saturated carbocycles. The van der Waals surface area contributed by atoms with Crippen molar-refractivity contribution in [2.75, 3.05) is 67.5 Å². The van der Waals surface area contributed by atoms with E-state index in [-0.39, 0.29) is 6.61 Å². The molecule has 1 atom stereocenters. The fourth-order valence-electron chi connectivity index (χ4n) is 5.27. The Morgan fingerprint density at radius 1 is 1.03 bits per heavy atom. The summed E-state index contributed by atoms with van der Waals surface area (Å²) < 4.78 is 0. The summed E-state index contributed by atoms with van der Waals surface area (Å²) in [6.45, 7) is 6.38. The number of hydrogen-bond acceptors (Lipinski definition) is 11. The van der Waals surface area contributed by atoms with Crippen LogP contribution in [-0.2, 0) is 0 Å².